The van der Waals surface area contributed by atoms with E-state index in [0.29, 0.717) is 16.9 Å². The molecule has 0 saturated carbocycles. The van der Waals surface area contributed by atoms with E-state index >= 15 is 0 Å². The molecule has 6 nitrogen and oxygen atoms in total. The van der Waals surface area contributed by atoms with Gasteiger partial charge in [-0.1, -0.05) is 54.6 Å². The Morgan fingerprint density at radius 2 is 1.75 bits per heavy atom. The Balaban J connectivity index is 1.46. The van der Waals surface area contributed by atoms with Crippen molar-refractivity contribution >= 4 is 28.3 Å². The lowest BCUT2D eigenvalue weighted by atomic mass is 9.76. The summed E-state index contributed by atoms with van der Waals surface area (Å²) in [6.45, 7) is 0. The number of ether oxygens (including phenoxy) is 1. The van der Waals surface area contributed by atoms with E-state index in [1.807, 2.05) is 36.4 Å². The molecule has 0 bridgehead atoms. The molecule has 0 saturated heterocycles. The summed E-state index contributed by atoms with van der Waals surface area (Å²) in [5, 5.41) is 0. The van der Waals surface area contributed by atoms with Crippen LogP contribution in [0.15, 0.2) is 106 Å². The molecule has 1 unspecified atom stereocenters. The Kier molecular flexibility index (Phi) is 3.82. The summed E-state index contributed by atoms with van der Waals surface area (Å²) in [5.74, 6) is 0.193. The summed E-state index contributed by atoms with van der Waals surface area (Å²) in [4.78, 5) is 16.4. The molecule has 156 valence electrons. The topological polar surface area (TPSA) is 82.0 Å². The quantitative estimate of drug-likeness (QED) is 0.669. The minimum Gasteiger partial charge on any atom is -0.472 e. The van der Waals surface area contributed by atoms with E-state index in [2.05, 4.69) is 4.99 Å². The smallest absolute Gasteiger partial charge is 0.339 e. The first-order valence-corrected chi connectivity index (χ1v) is 11.3. The molecule has 2 aromatic rings. The van der Waals surface area contributed by atoms with Gasteiger partial charge in [0.15, 0.2) is 5.60 Å². The molecule has 4 aliphatic rings. The van der Waals surface area contributed by atoms with E-state index in [1.54, 1.807) is 36.4 Å². The van der Waals surface area contributed by atoms with Gasteiger partial charge in [-0.25, -0.2) is 4.99 Å². The van der Waals surface area contributed by atoms with Crippen molar-refractivity contribution in [3.63, 3.8) is 0 Å². The maximum atomic E-state index is 12.8. The zero-order valence-electron chi connectivity index (χ0n) is 16.6. The van der Waals surface area contributed by atoms with Gasteiger partial charge in [-0.3, -0.25) is 4.79 Å². The van der Waals surface area contributed by atoms with Crippen LogP contribution in [0.4, 0.5) is 0 Å². The first-order valence-electron chi connectivity index (χ1n) is 9.92. The summed E-state index contributed by atoms with van der Waals surface area (Å²) in [6, 6.07) is 11.7. The lowest BCUT2D eigenvalue weighted by Gasteiger charge is -2.41. The number of benzene rings is 2. The van der Waals surface area contributed by atoms with Crippen molar-refractivity contribution in [1.82, 2.24) is 0 Å². The lowest BCUT2D eigenvalue weighted by molar-refractivity contribution is 0.0998. The molecule has 7 heteroatoms. The number of aliphatic imine (C=N–C) groups is 1. The van der Waals surface area contributed by atoms with Gasteiger partial charge in [0.2, 0.25) is 0 Å². The summed E-state index contributed by atoms with van der Waals surface area (Å²) in [5.41, 5.74) is 2.34. The zero-order valence-corrected chi connectivity index (χ0v) is 17.4. The monoisotopic (exact) mass is 441 g/mol. The summed E-state index contributed by atoms with van der Waals surface area (Å²) >= 11 is 0. The molecule has 6 rings (SSSR count). The highest BCUT2D eigenvalue weighted by Gasteiger charge is 2.45. The molecule has 32 heavy (non-hydrogen) atoms. The van der Waals surface area contributed by atoms with Crippen molar-refractivity contribution in [2.24, 2.45) is 4.99 Å². The maximum absolute atomic E-state index is 12.8. The van der Waals surface area contributed by atoms with Crippen LogP contribution in [0.2, 0.25) is 0 Å². The summed E-state index contributed by atoms with van der Waals surface area (Å²) in [6.07, 6.45) is 14.1. The number of nitrogens with zero attached hydrogens (tertiary/aromatic N) is 1. The Morgan fingerprint density at radius 1 is 0.938 bits per heavy atom. The van der Waals surface area contributed by atoms with Gasteiger partial charge in [0.25, 0.3) is 5.91 Å². The Labute approximate surface area is 184 Å². The van der Waals surface area contributed by atoms with Crippen LogP contribution in [-0.2, 0) is 14.3 Å². The molecule has 2 aliphatic heterocycles. The standard InChI is InChI=1S/C25H15NO5S/c27-24-22-17(15-26-24)10-9-16-13-19-6-4-5-18-11-12-20(14-25(18,19)30-23(16)22)31-32(28,29)21-7-2-1-3-8-21/h1-15H. The fourth-order valence-corrected chi connectivity index (χ4v) is 5.18. The van der Waals surface area contributed by atoms with Gasteiger partial charge in [-0.2, -0.15) is 8.42 Å². The van der Waals surface area contributed by atoms with Crippen molar-refractivity contribution in [2.45, 2.75) is 10.5 Å². The second kappa shape index (κ2) is 6.51. The number of carbonyl (C=O) groups excluding carboxylic acids is 1. The lowest BCUT2D eigenvalue weighted by Crippen LogP contribution is -2.42. The number of rotatable bonds is 3. The van der Waals surface area contributed by atoms with E-state index in [1.165, 1.54) is 18.3 Å². The average molecular weight is 441 g/mol. The number of allylic oxidation sites excluding steroid dienone is 3. The Morgan fingerprint density at radius 3 is 2.59 bits per heavy atom. The molecule has 0 aromatic heterocycles. The van der Waals surface area contributed by atoms with Crippen LogP contribution in [0, 0.1) is 0 Å². The molecule has 0 fully saturated rings. The zero-order chi connectivity index (χ0) is 21.9. The van der Waals surface area contributed by atoms with Crippen molar-refractivity contribution in [3.05, 3.63) is 113 Å². The molecule has 1 amide bonds. The largest absolute Gasteiger partial charge is 0.472 e. The van der Waals surface area contributed by atoms with Crippen LogP contribution in [-0.4, -0.2) is 26.1 Å². The maximum Gasteiger partial charge on any atom is 0.339 e. The third kappa shape index (κ3) is 2.68. The molecule has 2 aromatic carbocycles. The number of carbonyl (C=O) groups is 1. The van der Waals surface area contributed by atoms with Crippen molar-refractivity contribution in [2.75, 3.05) is 0 Å². The van der Waals surface area contributed by atoms with Crippen LogP contribution >= 0.6 is 0 Å². The molecular weight excluding hydrogens is 426 g/mol. The normalized spacial score (nSPS) is 22.0. The van der Waals surface area contributed by atoms with Gasteiger partial charge in [-0.05, 0) is 24.3 Å². The average Bonchev–Trinajstić information content (AvgIpc) is 3.18. The van der Waals surface area contributed by atoms with Crippen LogP contribution in [0.1, 0.15) is 21.5 Å². The van der Waals surface area contributed by atoms with Gasteiger partial charge in [-0.15, -0.1) is 0 Å². The van der Waals surface area contributed by atoms with Crippen molar-refractivity contribution in [1.29, 1.82) is 0 Å². The van der Waals surface area contributed by atoms with E-state index in [0.717, 1.165) is 16.7 Å². The predicted molar refractivity (Wildman–Crippen MR) is 119 cm³/mol. The van der Waals surface area contributed by atoms with Crippen LogP contribution in [0.5, 0.6) is 5.75 Å². The minimum absolute atomic E-state index is 0.0583. The Bertz CT molecular complexity index is 1490. The molecule has 0 radical (unpaired) electrons. The SMILES string of the molecule is O=C1N=Cc2ccc3c(c21)OC12C=C(OS(=O)(=O)c4ccccc4)C=CC1=CC=CC2=C3. The van der Waals surface area contributed by atoms with E-state index in [9.17, 15) is 13.2 Å². The molecular formula is C25H15NO5S. The Hall–Kier alpha value is -3.97. The molecule has 1 atom stereocenters. The third-order valence-electron chi connectivity index (χ3n) is 5.75. The summed E-state index contributed by atoms with van der Waals surface area (Å²) in [7, 11) is -4.02. The van der Waals surface area contributed by atoms with Crippen LogP contribution in [0.3, 0.4) is 0 Å². The predicted octanol–water partition coefficient (Wildman–Crippen LogP) is 4.13. The highest BCUT2D eigenvalue weighted by atomic mass is 32.2. The number of hydrogen-bond donors (Lipinski definition) is 0. The second-order valence-electron chi connectivity index (χ2n) is 7.66. The molecule has 1 spiro atoms. The first kappa shape index (κ1) is 18.8. The second-order valence-corrected chi connectivity index (χ2v) is 9.21. The van der Waals surface area contributed by atoms with E-state index < -0.39 is 15.7 Å². The van der Waals surface area contributed by atoms with E-state index in [-0.39, 0.29) is 16.6 Å². The van der Waals surface area contributed by atoms with Crippen LogP contribution in [0.25, 0.3) is 6.08 Å². The van der Waals surface area contributed by atoms with Gasteiger partial charge in [0.1, 0.15) is 16.4 Å². The van der Waals surface area contributed by atoms with Gasteiger partial charge < -0.3 is 8.92 Å². The summed E-state index contributed by atoms with van der Waals surface area (Å²) < 4.78 is 37.5. The number of hydrogen-bond acceptors (Lipinski definition) is 5. The molecule has 2 aliphatic carbocycles. The minimum atomic E-state index is -4.02. The highest BCUT2D eigenvalue weighted by molar-refractivity contribution is 7.86. The molecule has 0 N–H and O–H groups in total. The van der Waals surface area contributed by atoms with Gasteiger partial charge in [0, 0.05) is 34.6 Å². The fraction of sp³-hybridized carbons (Fsp3) is 0.0400. The van der Waals surface area contributed by atoms with Gasteiger partial charge >= 0.3 is 10.1 Å². The van der Waals surface area contributed by atoms with Crippen LogP contribution < -0.4 is 4.74 Å². The fourth-order valence-electron chi connectivity index (χ4n) is 4.24. The van der Waals surface area contributed by atoms with E-state index in [4.69, 9.17) is 8.92 Å². The highest BCUT2D eigenvalue weighted by Crippen LogP contribution is 2.48. The number of fused-ring (bicyclic) bond motifs is 3. The third-order valence-corrected chi connectivity index (χ3v) is 7.01. The molecule has 2 heterocycles. The first-order chi connectivity index (χ1) is 15.5. The van der Waals surface area contributed by atoms with Gasteiger partial charge in [0.05, 0.1) is 5.56 Å². The van der Waals surface area contributed by atoms with Crippen molar-refractivity contribution < 1.29 is 22.1 Å². The van der Waals surface area contributed by atoms with Crippen molar-refractivity contribution in [3.8, 4) is 5.75 Å². The number of amides is 1.